The number of nitrogens with zero attached hydrogens (tertiary/aromatic N) is 1. The molecule has 0 unspecified atom stereocenters. The molecule has 1 N–H and O–H groups in total. The van der Waals surface area contributed by atoms with Crippen LogP contribution in [0.1, 0.15) is 11.1 Å². The van der Waals surface area contributed by atoms with Gasteiger partial charge in [0.25, 0.3) is 0 Å². The fourth-order valence-electron chi connectivity index (χ4n) is 2.36. The van der Waals surface area contributed by atoms with Gasteiger partial charge in [-0.1, -0.05) is 12.2 Å². The Hall–Kier alpha value is -3.22. The molecule has 0 fully saturated rings. The van der Waals surface area contributed by atoms with Gasteiger partial charge < -0.3 is 24.1 Å². The highest BCUT2D eigenvalue weighted by Gasteiger charge is 2.14. The molecule has 0 saturated carbocycles. The highest BCUT2D eigenvalue weighted by molar-refractivity contribution is 5.80. The minimum Gasteiger partial charge on any atom is -0.503 e. The van der Waals surface area contributed by atoms with Gasteiger partial charge in [-0.2, -0.15) is 0 Å². The lowest BCUT2D eigenvalue weighted by molar-refractivity contribution is 0.324. The van der Waals surface area contributed by atoms with Gasteiger partial charge in [0.2, 0.25) is 5.75 Å². The van der Waals surface area contributed by atoms with Crippen molar-refractivity contribution in [3.05, 3.63) is 40.3 Å². The number of benzene rings is 2. The minimum atomic E-state index is -0.301. The number of nitroso groups, excluding NO2 is 1. The zero-order valence-electron chi connectivity index (χ0n) is 14.4. The summed E-state index contributed by atoms with van der Waals surface area (Å²) >= 11 is 0. The highest BCUT2D eigenvalue weighted by atomic mass is 16.5. The lowest BCUT2D eigenvalue weighted by Crippen LogP contribution is -1.95. The first-order valence-electron chi connectivity index (χ1n) is 7.31. The number of hydrogen-bond acceptors (Lipinski definition) is 7. The third-order valence-corrected chi connectivity index (χ3v) is 3.60. The summed E-state index contributed by atoms with van der Waals surface area (Å²) in [6, 6.07) is 6.70. The Balaban J connectivity index is 2.46. The lowest BCUT2D eigenvalue weighted by atomic mass is 10.1. The largest absolute Gasteiger partial charge is 0.503 e. The fraction of sp³-hybridized carbons (Fsp3) is 0.222. The van der Waals surface area contributed by atoms with Crippen LogP contribution in [0.15, 0.2) is 29.4 Å². The van der Waals surface area contributed by atoms with E-state index in [9.17, 15) is 10.0 Å². The van der Waals surface area contributed by atoms with E-state index in [0.29, 0.717) is 22.8 Å². The van der Waals surface area contributed by atoms with E-state index >= 15 is 0 Å². The molecule has 7 nitrogen and oxygen atoms in total. The zero-order chi connectivity index (χ0) is 18.4. The summed E-state index contributed by atoms with van der Waals surface area (Å²) in [5, 5.41) is 12.9. The van der Waals surface area contributed by atoms with E-state index in [1.807, 2.05) is 0 Å². The SMILES string of the molecule is COc1ccc(/C=C/c2cc(OC)c(OC)c(OC)c2)c(N=O)c1O. The van der Waals surface area contributed by atoms with E-state index in [1.54, 1.807) is 36.4 Å². The number of phenols is 1. The molecule has 0 atom stereocenters. The first-order valence-corrected chi connectivity index (χ1v) is 7.31. The molecule has 0 aliphatic carbocycles. The van der Waals surface area contributed by atoms with Crippen LogP contribution in [-0.2, 0) is 0 Å². The quantitative estimate of drug-likeness (QED) is 0.603. The second-order valence-corrected chi connectivity index (χ2v) is 4.94. The normalized spacial score (nSPS) is 10.6. The Kier molecular flexibility index (Phi) is 5.84. The molecule has 0 radical (unpaired) electrons. The van der Waals surface area contributed by atoms with Crippen LogP contribution in [-0.4, -0.2) is 33.5 Å². The summed E-state index contributed by atoms with van der Waals surface area (Å²) < 4.78 is 20.9. The van der Waals surface area contributed by atoms with Crippen molar-refractivity contribution < 1.29 is 24.1 Å². The predicted molar refractivity (Wildman–Crippen MR) is 95.1 cm³/mol. The van der Waals surface area contributed by atoms with E-state index in [4.69, 9.17) is 18.9 Å². The summed E-state index contributed by atoms with van der Waals surface area (Å²) in [6.07, 6.45) is 3.39. The average Bonchev–Trinajstić information content (AvgIpc) is 2.65. The monoisotopic (exact) mass is 345 g/mol. The van der Waals surface area contributed by atoms with Crippen molar-refractivity contribution in [3.63, 3.8) is 0 Å². The maximum absolute atomic E-state index is 11.1. The lowest BCUT2D eigenvalue weighted by Gasteiger charge is -2.13. The summed E-state index contributed by atoms with van der Waals surface area (Å²) in [5.41, 5.74) is 1.10. The van der Waals surface area contributed by atoms with Crippen LogP contribution < -0.4 is 18.9 Å². The fourth-order valence-corrected chi connectivity index (χ4v) is 2.36. The van der Waals surface area contributed by atoms with Gasteiger partial charge in [-0.15, -0.1) is 4.91 Å². The van der Waals surface area contributed by atoms with Gasteiger partial charge in [0.15, 0.2) is 28.7 Å². The molecule has 0 aliphatic heterocycles. The molecular weight excluding hydrogens is 326 g/mol. The van der Waals surface area contributed by atoms with Crippen molar-refractivity contribution >= 4 is 17.8 Å². The van der Waals surface area contributed by atoms with Gasteiger partial charge in [-0.05, 0) is 35.0 Å². The molecule has 0 heterocycles. The molecule has 0 bridgehead atoms. The van der Waals surface area contributed by atoms with Crippen molar-refractivity contribution in [3.8, 4) is 28.7 Å². The van der Waals surface area contributed by atoms with Gasteiger partial charge in [-0.25, -0.2) is 0 Å². The summed E-state index contributed by atoms with van der Waals surface area (Å²) in [7, 11) is 5.98. The van der Waals surface area contributed by atoms with E-state index in [0.717, 1.165) is 5.56 Å². The molecule has 0 amide bonds. The van der Waals surface area contributed by atoms with Gasteiger partial charge in [0, 0.05) is 5.56 Å². The predicted octanol–water partition coefficient (Wildman–Crippen LogP) is 3.99. The van der Waals surface area contributed by atoms with Gasteiger partial charge >= 0.3 is 0 Å². The Bertz CT molecular complexity index is 775. The smallest absolute Gasteiger partial charge is 0.203 e. The summed E-state index contributed by atoms with van der Waals surface area (Å²) in [6.45, 7) is 0. The van der Waals surface area contributed by atoms with Crippen LogP contribution in [0, 0.1) is 4.91 Å². The van der Waals surface area contributed by atoms with E-state index in [2.05, 4.69) is 5.18 Å². The Morgan fingerprint density at radius 3 is 1.96 bits per heavy atom. The van der Waals surface area contributed by atoms with Gasteiger partial charge in [0.1, 0.15) is 0 Å². The number of phenolic OH excluding ortho intramolecular Hbond substituents is 1. The number of ether oxygens (including phenoxy) is 4. The molecule has 7 heteroatoms. The van der Waals surface area contributed by atoms with Gasteiger partial charge in [0.05, 0.1) is 28.4 Å². The summed E-state index contributed by atoms with van der Waals surface area (Å²) in [4.78, 5) is 11.1. The van der Waals surface area contributed by atoms with Crippen molar-refractivity contribution in [2.75, 3.05) is 28.4 Å². The number of hydrogen-bond donors (Lipinski definition) is 1. The molecule has 0 aliphatic rings. The van der Waals surface area contributed by atoms with Crippen molar-refractivity contribution in [2.24, 2.45) is 5.18 Å². The maximum Gasteiger partial charge on any atom is 0.203 e. The van der Waals surface area contributed by atoms with E-state index in [-0.39, 0.29) is 17.2 Å². The Labute approximate surface area is 145 Å². The average molecular weight is 345 g/mol. The van der Waals surface area contributed by atoms with Crippen LogP contribution >= 0.6 is 0 Å². The van der Waals surface area contributed by atoms with Crippen molar-refractivity contribution in [1.82, 2.24) is 0 Å². The second-order valence-electron chi connectivity index (χ2n) is 4.94. The van der Waals surface area contributed by atoms with Crippen LogP contribution in [0.25, 0.3) is 12.2 Å². The molecule has 2 aromatic carbocycles. The van der Waals surface area contributed by atoms with Crippen molar-refractivity contribution in [2.45, 2.75) is 0 Å². The zero-order valence-corrected chi connectivity index (χ0v) is 14.4. The third-order valence-electron chi connectivity index (χ3n) is 3.60. The number of methoxy groups -OCH3 is 4. The topological polar surface area (TPSA) is 86.6 Å². The van der Waals surface area contributed by atoms with E-state index < -0.39 is 0 Å². The standard InChI is InChI=1S/C18H19NO6/c1-22-13-8-7-12(16(19-21)17(13)20)6-5-11-9-14(23-2)18(25-4)15(10-11)24-3/h5-10,20H,1-4H3/b6-5+. The number of aromatic hydroxyl groups is 1. The molecule has 2 aromatic rings. The van der Waals surface area contributed by atoms with Crippen LogP contribution in [0.4, 0.5) is 5.69 Å². The van der Waals surface area contributed by atoms with Crippen LogP contribution in [0.5, 0.6) is 28.7 Å². The van der Waals surface area contributed by atoms with Crippen molar-refractivity contribution in [1.29, 1.82) is 0 Å². The minimum absolute atomic E-state index is 0.0944. The number of rotatable bonds is 7. The Morgan fingerprint density at radius 1 is 0.880 bits per heavy atom. The second kappa shape index (κ2) is 8.05. The highest BCUT2D eigenvalue weighted by Crippen LogP contribution is 2.41. The molecule has 0 saturated heterocycles. The molecule has 25 heavy (non-hydrogen) atoms. The first kappa shape index (κ1) is 18.1. The molecule has 0 aromatic heterocycles. The molecular formula is C18H19NO6. The van der Waals surface area contributed by atoms with E-state index in [1.165, 1.54) is 28.4 Å². The molecule has 0 spiro atoms. The first-order chi connectivity index (χ1) is 12.1. The maximum atomic E-state index is 11.1. The Morgan fingerprint density at radius 2 is 1.48 bits per heavy atom. The molecule has 132 valence electrons. The third kappa shape index (κ3) is 3.65. The van der Waals surface area contributed by atoms with Gasteiger partial charge in [-0.3, -0.25) is 0 Å². The summed E-state index contributed by atoms with van der Waals surface area (Å²) in [5.74, 6) is 1.38. The molecule has 2 rings (SSSR count). The van der Waals surface area contributed by atoms with Crippen LogP contribution in [0.3, 0.4) is 0 Å². The van der Waals surface area contributed by atoms with Crippen LogP contribution in [0.2, 0.25) is 0 Å².